The molecule has 1 N–H and O–H groups in total. The number of para-hydroxylation sites is 1. The number of nitrogens with zero attached hydrogens (tertiary/aromatic N) is 3. The first-order chi connectivity index (χ1) is 11.2. The minimum Gasteiger partial charge on any atom is -0.352 e. The van der Waals surface area contributed by atoms with Crippen LogP contribution in [0.25, 0.3) is 5.69 Å². The molecule has 2 aliphatic rings. The number of thioether (sulfide) groups is 1. The number of hydrogen-bond acceptors (Lipinski definition) is 4. The minimum atomic E-state index is -0.172. The lowest BCUT2D eigenvalue weighted by Crippen LogP contribution is -2.32. The molecule has 1 aromatic heterocycles. The molecule has 2 aromatic rings. The molecule has 1 amide bonds. The van der Waals surface area contributed by atoms with Gasteiger partial charge in [-0.05, 0) is 44.7 Å². The third-order valence-corrected chi connectivity index (χ3v) is 5.23. The molecule has 2 aliphatic carbocycles. The summed E-state index contributed by atoms with van der Waals surface area (Å²) in [4.78, 5) is 12.2. The molecule has 1 atom stereocenters. The number of nitrogens with one attached hydrogen (secondary N) is 1. The Labute approximate surface area is 139 Å². The first-order valence-corrected chi connectivity index (χ1v) is 9.08. The van der Waals surface area contributed by atoms with Crippen LogP contribution in [0.3, 0.4) is 0 Å². The van der Waals surface area contributed by atoms with Crippen LogP contribution in [0.5, 0.6) is 0 Å². The van der Waals surface area contributed by atoms with Crippen molar-refractivity contribution in [2.24, 2.45) is 0 Å². The molecule has 23 heavy (non-hydrogen) atoms. The Bertz CT molecular complexity index is 707. The number of hydrogen-bond donors (Lipinski definition) is 1. The predicted molar refractivity (Wildman–Crippen MR) is 89.8 cm³/mol. The normalized spacial score (nSPS) is 18.7. The van der Waals surface area contributed by atoms with Crippen LogP contribution in [-0.4, -0.2) is 32.0 Å². The maximum atomic E-state index is 12.2. The van der Waals surface area contributed by atoms with Crippen molar-refractivity contribution in [3.05, 3.63) is 36.2 Å². The molecule has 1 unspecified atom stereocenters. The molecule has 5 nitrogen and oxygen atoms in total. The summed E-state index contributed by atoms with van der Waals surface area (Å²) in [5.74, 6) is 1.62. The third kappa shape index (κ3) is 3.27. The lowest BCUT2D eigenvalue weighted by molar-refractivity contribution is -0.120. The van der Waals surface area contributed by atoms with Gasteiger partial charge in [0.25, 0.3) is 0 Å². The van der Waals surface area contributed by atoms with Gasteiger partial charge in [0.1, 0.15) is 5.82 Å². The zero-order chi connectivity index (χ0) is 15.8. The second-order valence-electron chi connectivity index (χ2n) is 6.33. The van der Waals surface area contributed by atoms with E-state index in [1.807, 2.05) is 25.1 Å². The Morgan fingerprint density at radius 1 is 1.22 bits per heavy atom. The van der Waals surface area contributed by atoms with Gasteiger partial charge in [0.05, 0.1) is 5.25 Å². The van der Waals surface area contributed by atoms with Crippen LogP contribution in [0.15, 0.2) is 35.5 Å². The molecule has 1 aromatic carbocycles. The molecule has 0 aliphatic heterocycles. The molecule has 120 valence electrons. The zero-order valence-electron chi connectivity index (χ0n) is 13.1. The van der Waals surface area contributed by atoms with Gasteiger partial charge in [0.2, 0.25) is 5.91 Å². The summed E-state index contributed by atoms with van der Waals surface area (Å²) < 4.78 is 2.11. The van der Waals surface area contributed by atoms with E-state index in [4.69, 9.17) is 0 Å². The standard InChI is InChI=1S/C17H20N4OS/c1-11(16(22)18-13-9-10-13)23-17-20-19-15(12-7-8-12)21(17)14-5-3-2-4-6-14/h2-6,11-13H,7-10H2,1H3,(H,18,22). The summed E-state index contributed by atoms with van der Waals surface area (Å²) in [5.41, 5.74) is 1.07. The van der Waals surface area contributed by atoms with Crippen molar-refractivity contribution in [1.82, 2.24) is 20.1 Å². The van der Waals surface area contributed by atoms with Gasteiger partial charge < -0.3 is 5.32 Å². The molecule has 2 saturated carbocycles. The maximum absolute atomic E-state index is 12.2. The van der Waals surface area contributed by atoms with Crippen molar-refractivity contribution in [2.45, 2.75) is 55.0 Å². The molecular formula is C17H20N4OS. The van der Waals surface area contributed by atoms with Crippen LogP contribution in [0, 0.1) is 0 Å². The molecule has 1 heterocycles. The first-order valence-electron chi connectivity index (χ1n) is 8.20. The van der Waals surface area contributed by atoms with E-state index in [9.17, 15) is 4.79 Å². The van der Waals surface area contributed by atoms with Gasteiger partial charge in [-0.2, -0.15) is 0 Å². The smallest absolute Gasteiger partial charge is 0.233 e. The SMILES string of the molecule is CC(Sc1nnc(C2CC2)n1-c1ccccc1)C(=O)NC1CC1. The van der Waals surface area contributed by atoms with Crippen molar-refractivity contribution in [3.63, 3.8) is 0 Å². The van der Waals surface area contributed by atoms with Crippen molar-refractivity contribution >= 4 is 17.7 Å². The van der Waals surface area contributed by atoms with Crippen LogP contribution in [0.2, 0.25) is 0 Å². The molecule has 0 saturated heterocycles. The fraction of sp³-hybridized carbons (Fsp3) is 0.471. The van der Waals surface area contributed by atoms with E-state index in [-0.39, 0.29) is 11.2 Å². The lowest BCUT2D eigenvalue weighted by Gasteiger charge is -2.13. The van der Waals surface area contributed by atoms with Crippen molar-refractivity contribution in [3.8, 4) is 5.69 Å². The van der Waals surface area contributed by atoms with Crippen molar-refractivity contribution in [2.75, 3.05) is 0 Å². The van der Waals surface area contributed by atoms with E-state index in [0.717, 1.165) is 29.5 Å². The second kappa shape index (κ2) is 6.00. The molecule has 0 spiro atoms. The Morgan fingerprint density at radius 3 is 2.61 bits per heavy atom. The highest BCUT2D eigenvalue weighted by Crippen LogP contribution is 2.41. The van der Waals surface area contributed by atoms with Crippen LogP contribution in [-0.2, 0) is 4.79 Å². The number of rotatable bonds is 6. The van der Waals surface area contributed by atoms with Crippen LogP contribution >= 0.6 is 11.8 Å². The Kier molecular flexibility index (Phi) is 3.85. The number of aromatic nitrogens is 3. The van der Waals surface area contributed by atoms with Gasteiger partial charge >= 0.3 is 0 Å². The van der Waals surface area contributed by atoms with Crippen molar-refractivity contribution < 1.29 is 4.79 Å². The number of carbonyl (C=O) groups excluding carboxylic acids is 1. The van der Waals surface area contributed by atoms with E-state index < -0.39 is 0 Å². The highest BCUT2D eigenvalue weighted by atomic mass is 32.2. The molecule has 4 rings (SSSR count). The summed E-state index contributed by atoms with van der Waals surface area (Å²) >= 11 is 1.49. The van der Waals surface area contributed by atoms with E-state index in [1.165, 1.54) is 24.6 Å². The molecule has 0 radical (unpaired) electrons. The summed E-state index contributed by atoms with van der Waals surface area (Å²) in [6.07, 6.45) is 4.56. The van der Waals surface area contributed by atoms with Crippen LogP contribution < -0.4 is 5.32 Å². The Balaban J connectivity index is 1.59. The summed E-state index contributed by atoms with van der Waals surface area (Å²) in [6, 6.07) is 10.6. The maximum Gasteiger partial charge on any atom is 0.233 e. The number of benzene rings is 1. The van der Waals surface area contributed by atoms with Gasteiger partial charge in [0, 0.05) is 17.6 Å². The highest BCUT2D eigenvalue weighted by molar-refractivity contribution is 8.00. The van der Waals surface area contributed by atoms with Crippen LogP contribution in [0.4, 0.5) is 0 Å². The molecular weight excluding hydrogens is 308 g/mol. The monoisotopic (exact) mass is 328 g/mol. The second-order valence-corrected chi connectivity index (χ2v) is 7.64. The summed E-state index contributed by atoms with van der Waals surface area (Å²) in [6.45, 7) is 1.93. The Hall–Kier alpha value is -1.82. The third-order valence-electron chi connectivity index (χ3n) is 4.19. The van der Waals surface area contributed by atoms with Gasteiger partial charge in [-0.3, -0.25) is 9.36 Å². The largest absolute Gasteiger partial charge is 0.352 e. The van der Waals surface area contributed by atoms with Gasteiger partial charge in [-0.1, -0.05) is 30.0 Å². The van der Waals surface area contributed by atoms with E-state index in [1.54, 1.807) is 0 Å². The van der Waals surface area contributed by atoms with Crippen LogP contribution in [0.1, 0.15) is 44.3 Å². The molecule has 2 fully saturated rings. The average Bonchev–Trinajstić information content (AvgIpc) is 3.48. The van der Waals surface area contributed by atoms with E-state index >= 15 is 0 Å². The quantitative estimate of drug-likeness (QED) is 0.828. The number of amides is 1. The van der Waals surface area contributed by atoms with Crippen molar-refractivity contribution in [1.29, 1.82) is 0 Å². The highest BCUT2D eigenvalue weighted by Gasteiger charge is 2.32. The fourth-order valence-corrected chi connectivity index (χ4v) is 3.42. The zero-order valence-corrected chi connectivity index (χ0v) is 13.9. The van der Waals surface area contributed by atoms with Gasteiger partial charge in [-0.15, -0.1) is 10.2 Å². The summed E-state index contributed by atoms with van der Waals surface area (Å²) in [7, 11) is 0. The topological polar surface area (TPSA) is 59.8 Å². The van der Waals surface area contributed by atoms with E-state index in [0.29, 0.717) is 12.0 Å². The number of carbonyl (C=O) groups is 1. The summed E-state index contributed by atoms with van der Waals surface area (Å²) in [5, 5.41) is 12.5. The van der Waals surface area contributed by atoms with Gasteiger partial charge in [0.15, 0.2) is 5.16 Å². The average molecular weight is 328 g/mol. The Morgan fingerprint density at radius 2 is 1.96 bits per heavy atom. The lowest BCUT2D eigenvalue weighted by atomic mass is 10.3. The molecule has 6 heteroatoms. The predicted octanol–water partition coefficient (Wildman–Crippen LogP) is 2.90. The molecule has 0 bridgehead atoms. The minimum absolute atomic E-state index is 0.0908. The van der Waals surface area contributed by atoms with Gasteiger partial charge in [-0.25, -0.2) is 0 Å². The first kappa shape index (κ1) is 14.8. The fourth-order valence-electron chi connectivity index (χ4n) is 2.54. The van der Waals surface area contributed by atoms with E-state index in [2.05, 4.69) is 32.2 Å².